The number of ether oxygens (including phenoxy) is 3. The molecule has 7 heteroatoms. The number of nitrogens with one attached hydrogen (secondary N) is 1. The average Bonchev–Trinajstić information content (AvgIpc) is 3.44. The molecular formula is C23H26N2O5. The summed E-state index contributed by atoms with van der Waals surface area (Å²) in [6.07, 6.45) is 0.431. The summed E-state index contributed by atoms with van der Waals surface area (Å²) in [5, 5.41) is 3.03. The summed E-state index contributed by atoms with van der Waals surface area (Å²) in [5.74, 6) is 1.83. The molecule has 2 aromatic rings. The van der Waals surface area contributed by atoms with E-state index in [0.717, 1.165) is 16.9 Å². The highest BCUT2D eigenvalue weighted by Gasteiger charge is 2.39. The van der Waals surface area contributed by atoms with Crippen LogP contribution in [0.4, 0.5) is 0 Å². The van der Waals surface area contributed by atoms with Gasteiger partial charge in [0.15, 0.2) is 11.5 Å². The first-order valence-corrected chi connectivity index (χ1v) is 10.2. The molecule has 0 saturated carbocycles. The van der Waals surface area contributed by atoms with Crippen LogP contribution in [0.25, 0.3) is 0 Å². The summed E-state index contributed by atoms with van der Waals surface area (Å²) in [4.78, 5) is 27.2. The van der Waals surface area contributed by atoms with Gasteiger partial charge in [-0.25, -0.2) is 0 Å². The van der Waals surface area contributed by atoms with Gasteiger partial charge in [-0.05, 0) is 35.4 Å². The second-order valence-corrected chi connectivity index (χ2v) is 7.54. The van der Waals surface area contributed by atoms with E-state index in [1.54, 1.807) is 12.0 Å². The Morgan fingerprint density at radius 3 is 2.60 bits per heavy atom. The number of benzene rings is 2. The SMILES string of the molecule is CCC(=O)N1C[C@@H](C(=O)NCc2ccc3c(c2)OCO3)[C@H](c2ccc(OC)cc2)C1. The highest BCUT2D eigenvalue weighted by Crippen LogP contribution is 2.35. The van der Waals surface area contributed by atoms with Crippen molar-refractivity contribution in [2.24, 2.45) is 5.92 Å². The first-order chi connectivity index (χ1) is 14.6. The van der Waals surface area contributed by atoms with Gasteiger partial charge in [-0.1, -0.05) is 25.1 Å². The average molecular weight is 410 g/mol. The Hall–Kier alpha value is -3.22. The van der Waals surface area contributed by atoms with Crippen molar-refractivity contribution in [1.82, 2.24) is 10.2 Å². The number of fused-ring (bicyclic) bond motifs is 1. The molecule has 158 valence electrons. The maximum absolute atomic E-state index is 13.1. The first kappa shape index (κ1) is 20.1. The monoisotopic (exact) mass is 410 g/mol. The van der Waals surface area contributed by atoms with Gasteiger partial charge in [-0.3, -0.25) is 9.59 Å². The van der Waals surface area contributed by atoms with Crippen LogP contribution < -0.4 is 19.5 Å². The van der Waals surface area contributed by atoms with E-state index in [9.17, 15) is 9.59 Å². The van der Waals surface area contributed by atoms with E-state index in [-0.39, 0.29) is 30.4 Å². The predicted molar refractivity (Wildman–Crippen MR) is 111 cm³/mol. The molecule has 0 aromatic heterocycles. The van der Waals surface area contributed by atoms with E-state index in [2.05, 4.69) is 5.32 Å². The van der Waals surface area contributed by atoms with Gasteiger partial charge in [-0.15, -0.1) is 0 Å². The zero-order valence-electron chi connectivity index (χ0n) is 17.2. The van der Waals surface area contributed by atoms with Gasteiger partial charge < -0.3 is 24.4 Å². The number of amides is 2. The van der Waals surface area contributed by atoms with Crippen LogP contribution in [0, 0.1) is 5.92 Å². The Bertz CT molecular complexity index is 928. The van der Waals surface area contributed by atoms with Gasteiger partial charge in [0.2, 0.25) is 18.6 Å². The minimum Gasteiger partial charge on any atom is -0.497 e. The molecule has 0 bridgehead atoms. The predicted octanol–water partition coefficient (Wildman–Crippen LogP) is 2.69. The van der Waals surface area contributed by atoms with Crippen molar-refractivity contribution in [3.63, 3.8) is 0 Å². The number of likely N-dealkylation sites (tertiary alicyclic amines) is 1. The van der Waals surface area contributed by atoms with Crippen LogP contribution in [0.5, 0.6) is 17.2 Å². The van der Waals surface area contributed by atoms with Crippen molar-refractivity contribution < 1.29 is 23.8 Å². The minimum atomic E-state index is -0.303. The van der Waals surface area contributed by atoms with E-state index < -0.39 is 0 Å². The van der Waals surface area contributed by atoms with Crippen molar-refractivity contribution in [3.05, 3.63) is 53.6 Å². The summed E-state index contributed by atoms with van der Waals surface area (Å²) >= 11 is 0. The van der Waals surface area contributed by atoms with Crippen molar-refractivity contribution in [2.75, 3.05) is 27.0 Å². The van der Waals surface area contributed by atoms with Crippen LogP contribution in [-0.4, -0.2) is 43.7 Å². The van der Waals surface area contributed by atoms with E-state index in [4.69, 9.17) is 14.2 Å². The Kier molecular flexibility index (Phi) is 5.79. The molecule has 1 saturated heterocycles. The van der Waals surface area contributed by atoms with Gasteiger partial charge in [0.05, 0.1) is 13.0 Å². The lowest BCUT2D eigenvalue weighted by molar-refractivity contribution is -0.130. The molecule has 2 aliphatic heterocycles. The largest absolute Gasteiger partial charge is 0.497 e. The third-order valence-corrected chi connectivity index (χ3v) is 5.76. The molecule has 30 heavy (non-hydrogen) atoms. The smallest absolute Gasteiger partial charge is 0.231 e. The van der Waals surface area contributed by atoms with Gasteiger partial charge in [0, 0.05) is 32.0 Å². The third kappa shape index (κ3) is 4.06. The van der Waals surface area contributed by atoms with E-state index >= 15 is 0 Å². The summed E-state index contributed by atoms with van der Waals surface area (Å²) in [6.45, 7) is 3.43. The maximum Gasteiger partial charge on any atom is 0.231 e. The molecule has 1 fully saturated rings. The Labute approximate surface area is 175 Å². The van der Waals surface area contributed by atoms with Crippen LogP contribution in [-0.2, 0) is 16.1 Å². The summed E-state index contributed by atoms with van der Waals surface area (Å²) in [6, 6.07) is 13.4. The molecule has 2 amide bonds. The molecule has 2 aliphatic rings. The lowest BCUT2D eigenvalue weighted by atomic mass is 9.88. The van der Waals surface area contributed by atoms with Crippen LogP contribution >= 0.6 is 0 Å². The molecule has 2 atom stereocenters. The van der Waals surface area contributed by atoms with E-state index in [1.807, 2.05) is 49.4 Å². The zero-order chi connectivity index (χ0) is 21.1. The lowest BCUT2D eigenvalue weighted by Crippen LogP contribution is -2.35. The number of hydrogen-bond donors (Lipinski definition) is 1. The summed E-state index contributed by atoms with van der Waals surface area (Å²) in [5.41, 5.74) is 1.97. The van der Waals surface area contributed by atoms with Crippen LogP contribution in [0.2, 0.25) is 0 Å². The highest BCUT2D eigenvalue weighted by atomic mass is 16.7. The molecule has 1 N–H and O–H groups in total. The van der Waals surface area contributed by atoms with Gasteiger partial charge in [-0.2, -0.15) is 0 Å². The second kappa shape index (κ2) is 8.65. The quantitative estimate of drug-likeness (QED) is 0.792. The maximum atomic E-state index is 13.1. The van der Waals surface area contributed by atoms with Gasteiger partial charge in [0.1, 0.15) is 5.75 Å². The van der Waals surface area contributed by atoms with Gasteiger partial charge in [0.25, 0.3) is 0 Å². The molecule has 2 heterocycles. The Morgan fingerprint density at radius 2 is 1.87 bits per heavy atom. The van der Waals surface area contributed by atoms with Crippen LogP contribution in [0.3, 0.4) is 0 Å². The standard InChI is InChI=1S/C23H26N2O5/c1-3-22(26)25-12-18(16-5-7-17(28-2)8-6-16)19(13-25)23(27)24-11-15-4-9-20-21(10-15)30-14-29-20/h4-10,18-19H,3,11-14H2,1-2H3,(H,24,27)/t18-,19+/m0/s1. The van der Waals surface area contributed by atoms with Crippen molar-refractivity contribution in [2.45, 2.75) is 25.8 Å². The van der Waals surface area contributed by atoms with E-state index in [0.29, 0.717) is 37.6 Å². The number of carbonyl (C=O) groups excluding carboxylic acids is 2. The number of methoxy groups -OCH3 is 1. The number of carbonyl (C=O) groups is 2. The highest BCUT2D eigenvalue weighted by molar-refractivity contribution is 5.83. The molecule has 4 rings (SSSR count). The molecule has 0 aliphatic carbocycles. The van der Waals surface area contributed by atoms with Gasteiger partial charge >= 0.3 is 0 Å². The topological polar surface area (TPSA) is 77.1 Å². The molecular weight excluding hydrogens is 384 g/mol. The zero-order valence-corrected chi connectivity index (χ0v) is 17.2. The second-order valence-electron chi connectivity index (χ2n) is 7.54. The fourth-order valence-electron chi connectivity index (χ4n) is 4.06. The number of hydrogen-bond acceptors (Lipinski definition) is 5. The Balaban J connectivity index is 1.48. The molecule has 7 nitrogen and oxygen atoms in total. The molecule has 0 spiro atoms. The fraction of sp³-hybridized carbons (Fsp3) is 0.391. The summed E-state index contributed by atoms with van der Waals surface area (Å²) < 4.78 is 16.0. The van der Waals surface area contributed by atoms with Crippen LogP contribution in [0.1, 0.15) is 30.4 Å². The Morgan fingerprint density at radius 1 is 1.10 bits per heavy atom. The van der Waals surface area contributed by atoms with E-state index in [1.165, 1.54) is 0 Å². The molecule has 0 radical (unpaired) electrons. The first-order valence-electron chi connectivity index (χ1n) is 10.2. The number of rotatable bonds is 6. The number of nitrogens with zero attached hydrogens (tertiary/aromatic N) is 1. The van der Waals surface area contributed by atoms with Crippen molar-refractivity contribution in [1.29, 1.82) is 0 Å². The van der Waals surface area contributed by atoms with Crippen molar-refractivity contribution >= 4 is 11.8 Å². The fourth-order valence-corrected chi connectivity index (χ4v) is 4.06. The summed E-state index contributed by atoms with van der Waals surface area (Å²) in [7, 11) is 1.62. The third-order valence-electron chi connectivity index (χ3n) is 5.76. The molecule has 2 aromatic carbocycles. The van der Waals surface area contributed by atoms with Crippen molar-refractivity contribution in [3.8, 4) is 17.2 Å². The molecule has 0 unspecified atom stereocenters. The minimum absolute atomic E-state index is 0.0526. The normalized spacial score (nSPS) is 19.6. The van der Waals surface area contributed by atoms with Crippen LogP contribution in [0.15, 0.2) is 42.5 Å². The lowest BCUT2D eigenvalue weighted by Gasteiger charge is -2.18.